The van der Waals surface area contributed by atoms with Crippen molar-refractivity contribution >= 4 is 17.9 Å². The summed E-state index contributed by atoms with van der Waals surface area (Å²) in [5.74, 6) is -1.27. The molecule has 3 amide bonds. The summed E-state index contributed by atoms with van der Waals surface area (Å²) in [6, 6.07) is -0.948. The number of aliphatic carboxylic acids is 1. The Balaban J connectivity index is 1.75. The van der Waals surface area contributed by atoms with Gasteiger partial charge in [0.15, 0.2) is 0 Å². The lowest BCUT2D eigenvalue weighted by atomic mass is 9.85. The molecular formula is C12H19N3O5. The molecule has 0 spiro atoms. The van der Waals surface area contributed by atoms with Crippen LogP contribution in [0.5, 0.6) is 0 Å². The van der Waals surface area contributed by atoms with E-state index in [1.54, 1.807) is 0 Å². The van der Waals surface area contributed by atoms with Crippen molar-refractivity contribution in [1.29, 1.82) is 0 Å². The molecule has 1 aliphatic heterocycles. The molecule has 4 N–H and O–H groups in total. The average molecular weight is 285 g/mol. The SMILES string of the molecule is CC1(C(=O)O)COCC1NC(=O)NCC(=O)NC1CC1. The quantitative estimate of drug-likeness (QED) is 0.520. The zero-order chi connectivity index (χ0) is 14.8. The van der Waals surface area contributed by atoms with Crippen LogP contribution < -0.4 is 16.0 Å². The van der Waals surface area contributed by atoms with Gasteiger partial charge in [-0.2, -0.15) is 0 Å². The Morgan fingerprint density at radius 1 is 1.30 bits per heavy atom. The van der Waals surface area contributed by atoms with Gasteiger partial charge in [0.2, 0.25) is 5.91 Å². The summed E-state index contributed by atoms with van der Waals surface area (Å²) in [7, 11) is 0. The third-order valence-corrected chi connectivity index (χ3v) is 3.60. The normalized spacial score (nSPS) is 28.8. The van der Waals surface area contributed by atoms with Crippen molar-refractivity contribution in [1.82, 2.24) is 16.0 Å². The van der Waals surface area contributed by atoms with Gasteiger partial charge in [0.25, 0.3) is 0 Å². The van der Waals surface area contributed by atoms with Crippen LogP contribution in [0.1, 0.15) is 19.8 Å². The molecule has 2 aliphatic rings. The van der Waals surface area contributed by atoms with Crippen LogP contribution in [0.2, 0.25) is 0 Å². The molecule has 8 nitrogen and oxygen atoms in total. The van der Waals surface area contributed by atoms with E-state index in [1.807, 2.05) is 0 Å². The van der Waals surface area contributed by atoms with E-state index < -0.39 is 23.5 Å². The highest BCUT2D eigenvalue weighted by atomic mass is 16.5. The lowest BCUT2D eigenvalue weighted by Crippen LogP contribution is -2.53. The third kappa shape index (κ3) is 3.38. The predicted octanol–water partition coefficient (Wildman–Crippen LogP) is -0.946. The third-order valence-electron chi connectivity index (χ3n) is 3.60. The smallest absolute Gasteiger partial charge is 0.315 e. The second-order valence-corrected chi connectivity index (χ2v) is 5.46. The first-order valence-electron chi connectivity index (χ1n) is 6.56. The molecule has 2 atom stereocenters. The Hall–Kier alpha value is -1.83. The fraction of sp³-hybridized carbons (Fsp3) is 0.750. The number of carbonyl (C=O) groups is 3. The van der Waals surface area contributed by atoms with Gasteiger partial charge in [-0.1, -0.05) is 0 Å². The van der Waals surface area contributed by atoms with E-state index in [1.165, 1.54) is 6.92 Å². The van der Waals surface area contributed by atoms with Crippen molar-refractivity contribution in [3.8, 4) is 0 Å². The topological polar surface area (TPSA) is 117 Å². The Bertz CT molecular complexity index is 423. The fourth-order valence-electron chi connectivity index (χ4n) is 1.96. The molecule has 2 rings (SSSR count). The Morgan fingerprint density at radius 2 is 2.00 bits per heavy atom. The lowest BCUT2D eigenvalue weighted by molar-refractivity contribution is -0.148. The maximum absolute atomic E-state index is 11.7. The van der Waals surface area contributed by atoms with E-state index in [0.717, 1.165) is 12.8 Å². The van der Waals surface area contributed by atoms with Crippen LogP contribution in [-0.2, 0) is 14.3 Å². The molecule has 20 heavy (non-hydrogen) atoms. The van der Waals surface area contributed by atoms with E-state index in [4.69, 9.17) is 9.84 Å². The summed E-state index contributed by atoms with van der Waals surface area (Å²) in [6.45, 7) is 1.59. The molecule has 0 bridgehead atoms. The van der Waals surface area contributed by atoms with Gasteiger partial charge < -0.3 is 25.8 Å². The first-order chi connectivity index (χ1) is 9.41. The molecule has 0 aromatic carbocycles. The number of hydrogen-bond donors (Lipinski definition) is 4. The molecule has 8 heteroatoms. The molecule has 0 aromatic heterocycles. The minimum Gasteiger partial charge on any atom is -0.481 e. The van der Waals surface area contributed by atoms with Crippen LogP contribution in [0.4, 0.5) is 4.79 Å². The van der Waals surface area contributed by atoms with E-state index in [-0.39, 0.29) is 31.7 Å². The molecule has 2 unspecified atom stereocenters. The monoisotopic (exact) mass is 285 g/mol. The zero-order valence-corrected chi connectivity index (χ0v) is 11.3. The Kier molecular flexibility index (Phi) is 4.12. The largest absolute Gasteiger partial charge is 0.481 e. The number of carboxylic acids is 1. The van der Waals surface area contributed by atoms with Crippen molar-refractivity contribution in [3.05, 3.63) is 0 Å². The number of carboxylic acid groups (broad SMARTS) is 1. The molecule has 0 radical (unpaired) electrons. The van der Waals surface area contributed by atoms with Crippen LogP contribution in [0, 0.1) is 5.41 Å². The van der Waals surface area contributed by atoms with Gasteiger partial charge in [0.1, 0.15) is 5.41 Å². The van der Waals surface area contributed by atoms with Crippen LogP contribution in [0.15, 0.2) is 0 Å². The van der Waals surface area contributed by atoms with Crippen molar-refractivity contribution < 1.29 is 24.2 Å². The maximum atomic E-state index is 11.7. The number of urea groups is 1. The van der Waals surface area contributed by atoms with Gasteiger partial charge in [0.05, 0.1) is 25.8 Å². The van der Waals surface area contributed by atoms with Crippen molar-refractivity contribution in [2.75, 3.05) is 19.8 Å². The lowest BCUT2D eigenvalue weighted by Gasteiger charge is -2.25. The van der Waals surface area contributed by atoms with E-state index in [9.17, 15) is 14.4 Å². The molecule has 1 heterocycles. The van der Waals surface area contributed by atoms with Crippen molar-refractivity contribution in [3.63, 3.8) is 0 Å². The van der Waals surface area contributed by atoms with Gasteiger partial charge in [-0.15, -0.1) is 0 Å². The number of nitrogens with one attached hydrogen (secondary N) is 3. The Morgan fingerprint density at radius 3 is 2.60 bits per heavy atom. The van der Waals surface area contributed by atoms with Gasteiger partial charge in [-0.25, -0.2) is 4.79 Å². The van der Waals surface area contributed by atoms with Crippen LogP contribution in [-0.4, -0.2) is 54.9 Å². The molecule has 1 saturated carbocycles. The average Bonchev–Trinajstić information content (AvgIpc) is 3.11. The van der Waals surface area contributed by atoms with E-state index in [0.29, 0.717) is 0 Å². The predicted molar refractivity (Wildman–Crippen MR) is 68.0 cm³/mol. The summed E-state index contributed by atoms with van der Waals surface area (Å²) in [4.78, 5) is 34.3. The number of amides is 3. The van der Waals surface area contributed by atoms with Gasteiger partial charge in [-0.05, 0) is 19.8 Å². The van der Waals surface area contributed by atoms with Gasteiger partial charge >= 0.3 is 12.0 Å². The highest BCUT2D eigenvalue weighted by molar-refractivity contribution is 5.85. The molecule has 1 saturated heterocycles. The molecule has 2 fully saturated rings. The highest BCUT2D eigenvalue weighted by Gasteiger charge is 2.47. The summed E-state index contributed by atoms with van der Waals surface area (Å²) in [5, 5.41) is 16.8. The summed E-state index contributed by atoms with van der Waals surface area (Å²) in [6.07, 6.45) is 1.96. The summed E-state index contributed by atoms with van der Waals surface area (Å²) < 4.78 is 5.12. The van der Waals surface area contributed by atoms with Crippen LogP contribution in [0.3, 0.4) is 0 Å². The first kappa shape index (κ1) is 14.6. The number of ether oxygens (including phenoxy) is 1. The number of carbonyl (C=O) groups excluding carboxylic acids is 2. The minimum absolute atomic E-state index is 0.0510. The molecule has 1 aliphatic carbocycles. The fourth-order valence-corrected chi connectivity index (χ4v) is 1.96. The molecular weight excluding hydrogens is 266 g/mol. The van der Waals surface area contributed by atoms with Crippen LogP contribution in [0.25, 0.3) is 0 Å². The summed E-state index contributed by atoms with van der Waals surface area (Å²) in [5.41, 5.74) is -1.15. The van der Waals surface area contributed by atoms with Crippen LogP contribution >= 0.6 is 0 Å². The van der Waals surface area contributed by atoms with E-state index in [2.05, 4.69) is 16.0 Å². The maximum Gasteiger partial charge on any atom is 0.315 e. The van der Waals surface area contributed by atoms with Gasteiger partial charge in [-0.3, -0.25) is 9.59 Å². The number of hydrogen-bond acceptors (Lipinski definition) is 4. The first-order valence-corrected chi connectivity index (χ1v) is 6.56. The highest BCUT2D eigenvalue weighted by Crippen LogP contribution is 2.28. The minimum atomic E-state index is -1.15. The second kappa shape index (κ2) is 5.66. The standard InChI is InChI=1S/C12H19N3O5/c1-12(10(17)18)6-20-5-8(12)15-11(19)13-4-9(16)14-7-2-3-7/h7-8H,2-6H2,1H3,(H,14,16)(H,17,18)(H2,13,15,19). The van der Waals surface area contributed by atoms with Crippen molar-refractivity contribution in [2.45, 2.75) is 31.8 Å². The molecule has 0 aromatic rings. The molecule has 112 valence electrons. The van der Waals surface area contributed by atoms with Crippen molar-refractivity contribution in [2.24, 2.45) is 5.41 Å². The zero-order valence-electron chi connectivity index (χ0n) is 11.3. The second-order valence-electron chi connectivity index (χ2n) is 5.46. The Labute approximate surface area is 116 Å². The number of rotatable bonds is 5. The van der Waals surface area contributed by atoms with E-state index >= 15 is 0 Å². The summed E-state index contributed by atoms with van der Waals surface area (Å²) >= 11 is 0. The van der Waals surface area contributed by atoms with Gasteiger partial charge in [0, 0.05) is 6.04 Å².